The van der Waals surface area contributed by atoms with Crippen molar-refractivity contribution in [2.24, 2.45) is 16.7 Å². The van der Waals surface area contributed by atoms with Crippen LogP contribution in [0.2, 0.25) is 0 Å². The number of benzene rings is 1. The number of hydrogen-bond donors (Lipinski definition) is 0. The monoisotopic (exact) mass is 216 g/mol. The van der Waals surface area contributed by atoms with Gasteiger partial charge in [-0.05, 0) is 17.8 Å². The Bertz CT molecular complexity index is 409. The van der Waals surface area contributed by atoms with Crippen molar-refractivity contribution in [1.29, 1.82) is 0 Å². The van der Waals surface area contributed by atoms with Crippen LogP contribution >= 0.6 is 0 Å². The van der Waals surface area contributed by atoms with Crippen molar-refractivity contribution in [1.82, 2.24) is 0 Å². The van der Waals surface area contributed by atoms with Gasteiger partial charge in [-0.3, -0.25) is 4.79 Å². The molecule has 1 saturated carbocycles. The molecule has 0 spiro atoms. The molecule has 0 N–H and O–H groups in total. The molecule has 1 aromatic rings. The summed E-state index contributed by atoms with van der Waals surface area (Å²) in [6.07, 6.45) is 0. The van der Waals surface area contributed by atoms with Crippen molar-refractivity contribution in [3.63, 3.8) is 0 Å². The van der Waals surface area contributed by atoms with Gasteiger partial charge >= 0.3 is 0 Å². The summed E-state index contributed by atoms with van der Waals surface area (Å²) >= 11 is 0. The van der Waals surface area contributed by atoms with Crippen LogP contribution in [0.25, 0.3) is 0 Å². The highest BCUT2D eigenvalue weighted by atomic mass is 16.1. The fraction of sp³-hybridized carbons (Fsp3) is 0.533. The molecule has 0 unspecified atom stereocenters. The van der Waals surface area contributed by atoms with Crippen molar-refractivity contribution in [3.8, 4) is 0 Å². The lowest BCUT2D eigenvalue weighted by molar-refractivity contribution is 0.0945. The van der Waals surface area contributed by atoms with Crippen LogP contribution in [0.5, 0.6) is 0 Å². The Labute approximate surface area is 97.9 Å². The molecule has 0 radical (unpaired) electrons. The molecule has 0 bridgehead atoms. The Balaban J connectivity index is 2.26. The number of carbonyl (C=O) groups excluding carboxylic acids is 1. The third-order valence-electron chi connectivity index (χ3n) is 4.62. The van der Waals surface area contributed by atoms with Crippen molar-refractivity contribution in [2.75, 3.05) is 0 Å². The summed E-state index contributed by atoms with van der Waals surface area (Å²) in [6.45, 7) is 10.8. The third kappa shape index (κ3) is 1.41. The first-order valence-corrected chi connectivity index (χ1v) is 5.89. The zero-order chi connectivity index (χ0) is 12.1. The predicted octanol–water partition coefficient (Wildman–Crippen LogP) is 3.86. The fourth-order valence-electron chi connectivity index (χ4n) is 2.74. The summed E-state index contributed by atoms with van der Waals surface area (Å²) < 4.78 is 0. The maximum Gasteiger partial charge on any atom is 0.167 e. The maximum absolute atomic E-state index is 12.3. The molecule has 0 aromatic heterocycles. The predicted molar refractivity (Wildman–Crippen MR) is 66.6 cm³/mol. The van der Waals surface area contributed by atoms with Gasteiger partial charge in [0.1, 0.15) is 0 Å². The van der Waals surface area contributed by atoms with E-state index in [4.69, 9.17) is 0 Å². The van der Waals surface area contributed by atoms with Crippen molar-refractivity contribution in [2.45, 2.75) is 34.6 Å². The van der Waals surface area contributed by atoms with E-state index in [1.807, 2.05) is 31.2 Å². The van der Waals surface area contributed by atoms with Gasteiger partial charge in [-0.1, -0.05) is 57.5 Å². The van der Waals surface area contributed by atoms with Crippen molar-refractivity contribution >= 4 is 5.78 Å². The summed E-state index contributed by atoms with van der Waals surface area (Å²) in [5.74, 6) is 0.470. The first-order chi connectivity index (χ1) is 7.28. The van der Waals surface area contributed by atoms with Gasteiger partial charge in [-0.15, -0.1) is 0 Å². The second kappa shape index (κ2) is 3.19. The van der Waals surface area contributed by atoms with Crippen LogP contribution < -0.4 is 0 Å². The van der Waals surface area contributed by atoms with Crippen LogP contribution in [0.1, 0.15) is 43.6 Å². The van der Waals surface area contributed by atoms with Gasteiger partial charge in [0.25, 0.3) is 0 Å². The fourth-order valence-corrected chi connectivity index (χ4v) is 2.74. The van der Waals surface area contributed by atoms with Crippen molar-refractivity contribution < 1.29 is 4.79 Å². The smallest absolute Gasteiger partial charge is 0.167 e. The second-order valence-electron chi connectivity index (χ2n) is 6.11. The highest BCUT2D eigenvalue weighted by Crippen LogP contribution is 2.69. The molecule has 1 aliphatic rings. The number of Topliss-reactive ketones (excluding diaryl/α,β-unsaturated/α-hetero) is 1. The largest absolute Gasteiger partial charge is 0.294 e. The highest BCUT2D eigenvalue weighted by molar-refractivity contribution is 6.01. The first kappa shape index (κ1) is 11.4. The lowest BCUT2D eigenvalue weighted by Crippen LogP contribution is -2.07. The van der Waals surface area contributed by atoms with Crippen LogP contribution in [0.4, 0.5) is 0 Å². The van der Waals surface area contributed by atoms with Gasteiger partial charge in [-0.2, -0.15) is 0 Å². The molecule has 0 saturated heterocycles. The molecule has 1 nitrogen and oxygen atoms in total. The molecule has 2 rings (SSSR count). The molecule has 0 atom stereocenters. The molecule has 1 fully saturated rings. The molecular formula is C15H20O. The topological polar surface area (TPSA) is 17.1 Å². The Hall–Kier alpha value is -1.11. The summed E-state index contributed by atoms with van der Waals surface area (Å²) in [5, 5.41) is 0. The van der Waals surface area contributed by atoms with E-state index in [2.05, 4.69) is 27.7 Å². The standard InChI is InChI=1S/C15H20O/c1-10-6-8-11(9-7-10)12(16)13-14(2,3)15(13,4)5/h6-9,13H,1-5H3. The third-order valence-corrected chi connectivity index (χ3v) is 4.62. The van der Waals surface area contributed by atoms with Gasteiger partial charge in [0.2, 0.25) is 0 Å². The Kier molecular flexibility index (Phi) is 2.27. The molecule has 0 aliphatic heterocycles. The number of hydrogen-bond acceptors (Lipinski definition) is 1. The molecule has 16 heavy (non-hydrogen) atoms. The molecule has 0 heterocycles. The van der Waals surface area contributed by atoms with Gasteiger partial charge in [0.05, 0.1) is 0 Å². The minimum Gasteiger partial charge on any atom is -0.294 e. The molecule has 1 aromatic carbocycles. The van der Waals surface area contributed by atoms with Crippen LogP contribution in [0.3, 0.4) is 0 Å². The zero-order valence-corrected chi connectivity index (χ0v) is 10.8. The van der Waals surface area contributed by atoms with E-state index >= 15 is 0 Å². The number of aryl methyl sites for hydroxylation is 1. The number of carbonyl (C=O) groups is 1. The van der Waals surface area contributed by atoms with E-state index in [-0.39, 0.29) is 16.7 Å². The van der Waals surface area contributed by atoms with E-state index in [1.54, 1.807) is 0 Å². The van der Waals surface area contributed by atoms with E-state index < -0.39 is 0 Å². The Morgan fingerprint density at radius 1 is 1.00 bits per heavy atom. The second-order valence-corrected chi connectivity index (χ2v) is 6.11. The minimum atomic E-state index is 0.134. The Morgan fingerprint density at radius 2 is 1.44 bits per heavy atom. The quantitative estimate of drug-likeness (QED) is 0.686. The van der Waals surface area contributed by atoms with E-state index in [9.17, 15) is 4.79 Å². The number of rotatable bonds is 2. The minimum absolute atomic E-state index is 0.134. The van der Waals surface area contributed by atoms with Crippen LogP contribution in [0, 0.1) is 23.7 Å². The average Bonchev–Trinajstić information content (AvgIpc) is 2.57. The summed E-state index contributed by atoms with van der Waals surface area (Å²) in [7, 11) is 0. The van der Waals surface area contributed by atoms with Crippen LogP contribution in [-0.2, 0) is 0 Å². The maximum atomic E-state index is 12.3. The number of ketones is 1. The summed E-state index contributed by atoms with van der Waals surface area (Å²) in [4.78, 5) is 12.3. The lowest BCUT2D eigenvalue weighted by Gasteiger charge is -2.03. The van der Waals surface area contributed by atoms with Crippen LogP contribution in [-0.4, -0.2) is 5.78 Å². The summed E-state index contributed by atoms with van der Waals surface area (Å²) in [6, 6.07) is 7.91. The average molecular weight is 216 g/mol. The van der Waals surface area contributed by atoms with Crippen LogP contribution in [0.15, 0.2) is 24.3 Å². The van der Waals surface area contributed by atoms with Gasteiger partial charge < -0.3 is 0 Å². The van der Waals surface area contributed by atoms with E-state index in [0.717, 1.165) is 5.56 Å². The molecule has 86 valence electrons. The zero-order valence-electron chi connectivity index (χ0n) is 10.8. The van der Waals surface area contributed by atoms with Crippen molar-refractivity contribution in [3.05, 3.63) is 35.4 Å². The van der Waals surface area contributed by atoms with E-state index in [0.29, 0.717) is 5.78 Å². The van der Waals surface area contributed by atoms with Gasteiger partial charge in [-0.25, -0.2) is 0 Å². The molecule has 0 amide bonds. The Morgan fingerprint density at radius 3 is 1.81 bits per heavy atom. The van der Waals surface area contributed by atoms with E-state index in [1.165, 1.54) is 5.56 Å². The molecular weight excluding hydrogens is 196 g/mol. The SMILES string of the molecule is Cc1ccc(C(=O)C2C(C)(C)C2(C)C)cc1. The van der Waals surface area contributed by atoms with Gasteiger partial charge in [0, 0.05) is 11.5 Å². The summed E-state index contributed by atoms with van der Waals surface area (Å²) in [5.41, 5.74) is 2.32. The molecule has 1 heteroatoms. The lowest BCUT2D eigenvalue weighted by atomic mass is 10.0. The highest BCUT2D eigenvalue weighted by Gasteiger charge is 2.67. The van der Waals surface area contributed by atoms with Gasteiger partial charge in [0.15, 0.2) is 5.78 Å². The first-order valence-electron chi connectivity index (χ1n) is 5.89. The normalized spacial score (nSPS) is 21.8. The molecule has 1 aliphatic carbocycles.